The first kappa shape index (κ1) is 12.0. The van der Waals surface area contributed by atoms with Crippen LogP contribution in [0.25, 0.3) is 10.9 Å². The van der Waals surface area contributed by atoms with Crippen LogP contribution in [0.2, 0.25) is 0 Å². The summed E-state index contributed by atoms with van der Waals surface area (Å²) < 4.78 is 0. The van der Waals surface area contributed by atoms with Gasteiger partial charge in [0.2, 0.25) is 0 Å². The first-order valence-electron chi connectivity index (χ1n) is 6.10. The molecular weight excluding hydrogens is 210 g/mol. The van der Waals surface area contributed by atoms with Gasteiger partial charge in [-0.25, -0.2) is 0 Å². The average molecular weight is 229 g/mol. The van der Waals surface area contributed by atoms with E-state index in [1.54, 1.807) is 0 Å². The highest BCUT2D eigenvalue weighted by Gasteiger charge is 2.04. The van der Waals surface area contributed by atoms with Crippen LogP contribution in [0.5, 0.6) is 0 Å². The molecule has 1 aromatic heterocycles. The van der Waals surface area contributed by atoms with E-state index < -0.39 is 0 Å². The zero-order valence-corrected chi connectivity index (χ0v) is 10.3. The van der Waals surface area contributed by atoms with Crippen molar-refractivity contribution in [3.63, 3.8) is 0 Å². The molecule has 0 unspecified atom stereocenters. The SMILES string of the molecule is CCN(CCN)Cc1ccc2ccccc2n1. The lowest BCUT2D eigenvalue weighted by molar-refractivity contribution is 0.285. The maximum Gasteiger partial charge on any atom is 0.0705 e. The maximum atomic E-state index is 5.59. The van der Waals surface area contributed by atoms with Gasteiger partial charge in [0.05, 0.1) is 11.2 Å². The molecule has 0 aliphatic rings. The Morgan fingerprint density at radius 2 is 2.00 bits per heavy atom. The minimum absolute atomic E-state index is 0.696. The Labute approximate surface area is 102 Å². The van der Waals surface area contributed by atoms with Crippen molar-refractivity contribution in [3.8, 4) is 0 Å². The van der Waals surface area contributed by atoms with Crippen molar-refractivity contribution in [2.45, 2.75) is 13.5 Å². The molecule has 90 valence electrons. The summed E-state index contributed by atoms with van der Waals surface area (Å²) in [6.07, 6.45) is 0. The van der Waals surface area contributed by atoms with E-state index in [1.807, 2.05) is 12.1 Å². The number of pyridine rings is 1. The van der Waals surface area contributed by atoms with Crippen LogP contribution in [-0.4, -0.2) is 29.5 Å². The number of aromatic nitrogens is 1. The highest BCUT2D eigenvalue weighted by Crippen LogP contribution is 2.12. The van der Waals surface area contributed by atoms with Gasteiger partial charge in [0.1, 0.15) is 0 Å². The smallest absolute Gasteiger partial charge is 0.0705 e. The molecule has 1 aromatic carbocycles. The quantitative estimate of drug-likeness (QED) is 0.853. The zero-order chi connectivity index (χ0) is 12.1. The van der Waals surface area contributed by atoms with Crippen molar-refractivity contribution in [1.82, 2.24) is 9.88 Å². The summed E-state index contributed by atoms with van der Waals surface area (Å²) in [4.78, 5) is 6.97. The summed E-state index contributed by atoms with van der Waals surface area (Å²) in [6, 6.07) is 12.4. The molecule has 0 fully saturated rings. The zero-order valence-electron chi connectivity index (χ0n) is 10.3. The molecular formula is C14H19N3. The molecule has 0 bridgehead atoms. The van der Waals surface area contributed by atoms with E-state index in [1.165, 1.54) is 5.39 Å². The minimum Gasteiger partial charge on any atom is -0.329 e. The van der Waals surface area contributed by atoms with E-state index in [0.29, 0.717) is 6.54 Å². The fourth-order valence-corrected chi connectivity index (χ4v) is 1.96. The highest BCUT2D eigenvalue weighted by molar-refractivity contribution is 5.78. The minimum atomic E-state index is 0.696. The summed E-state index contributed by atoms with van der Waals surface area (Å²) in [5, 5.41) is 1.19. The molecule has 3 nitrogen and oxygen atoms in total. The standard InChI is InChI=1S/C14H19N3/c1-2-17(10-9-15)11-13-8-7-12-5-3-4-6-14(12)16-13/h3-8H,2,9-11,15H2,1H3. The van der Waals surface area contributed by atoms with Gasteiger partial charge in [-0.2, -0.15) is 0 Å². The van der Waals surface area contributed by atoms with Crippen LogP contribution < -0.4 is 5.73 Å². The van der Waals surface area contributed by atoms with Crippen LogP contribution in [0.15, 0.2) is 36.4 Å². The van der Waals surface area contributed by atoms with Crippen molar-refractivity contribution < 1.29 is 0 Å². The number of nitrogens with two attached hydrogens (primary N) is 1. The first-order chi connectivity index (χ1) is 8.33. The summed E-state index contributed by atoms with van der Waals surface area (Å²) in [5.74, 6) is 0. The second-order valence-electron chi connectivity index (χ2n) is 4.15. The van der Waals surface area contributed by atoms with E-state index in [2.05, 4.69) is 41.1 Å². The fraction of sp³-hybridized carbons (Fsp3) is 0.357. The van der Waals surface area contributed by atoms with Crippen LogP contribution in [-0.2, 0) is 6.54 Å². The summed E-state index contributed by atoms with van der Waals surface area (Å²) >= 11 is 0. The molecule has 0 radical (unpaired) electrons. The van der Waals surface area contributed by atoms with E-state index in [-0.39, 0.29) is 0 Å². The third-order valence-corrected chi connectivity index (χ3v) is 2.93. The Hall–Kier alpha value is -1.45. The van der Waals surface area contributed by atoms with Gasteiger partial charge in [-0.1, -0.05) is 31.2 Å². The Morgan fingerprint density at radius 3 is 2.76 bits per heavy atom. The monoisotopic (exact) mass is 229 g/mol. The summed E-state index contributed by atoms with van der Waals surface area (Å²) in [5.41, 5.74) is 7.76. The van der Waals surface area contributed by atoms with Gasteiger partial charge >= 0.3 is 0 Å². The second-order valence-corrected chi connectivity index (χ2v) is 4.15. The number of hydrogen-bond donors (Lipinski definition) is 1. The molecule has 0 aliphatic heterocycles. The number of likely N-dealkylation sites (N-methyl/N-ethyl adjacent to an activating group) is 1. The third kappa shape index (κ3) is 3.02. The molecule has 17 heavy (non-hydrogen) atoms. The van der Waals surface area contributed by atoms with Crippen LogP contribution in [0.3, 0.4) is 0 Å². The molecule has 2 N–H and O–H groups in total. The normalized spacial score (nSPS) is 11.2. The Bertz CT molecular complexity index is 482. The summed E-state index contributed by atoms with van der Waals surface area (Å²) in [6.45, 7) is 5.65. The lowest BCUT2D eigenvalue weighted by Gasteiger charge is -2.18. The van der Waals surface area contributed by atoms with Crippen molar-refractivity contribution >= 4 is 10.9 Å². The van der Waals surface area contributed by atoms with Gasteiger partial charge in [-0.15, -0.1) is 0 Å². The number of benzene rings is 1. The topological polar surface area (TPSA) is 42.1 Å². The molecule has 0 aliphatic carbocycles. The molecule has 0 saturated heterocycles. The van der Waals surface area contributed by atoms with Crippen molar-refractivity contribution in [2.24, 2.45) is 5.73 Å². The largest absolute Gasteiger partial charge is 0.329 e. The maximum absolute atomic E-state index is 5.59. The van der Waals surface area contributed by atoms with Gasteiger partial charge in [-0.3, -0.25) is 9.88 Å². The van der Waals surface area contributed by atoms with Crippen LogP contribution in [0, 0.1) is 0 Å². The Kier molecular flexibility index (Phi) is 4.07. The van der Waals surface area contributed by atoms with Gasteiger partial charge in [0, 0.05) is 25.0 Å². The molecule has 0 amide bonds. The third-order valence-electron chi connectivity index (χ3n) is 2.93. The molecule has 0 spiro atoms. The number of para-hydroxylation sites is 1. The fourth-order valence-electron chi connectivity index (χ4n) is 1.96. The second kappa shape index (κ2) is 5.75. The van der Waals surface area contributed by atoms with Gasteiger partial charge < -0.3 is 5.73 Å². The van der Waals surface area contributed by atoms with Gasteiger partial charge in [0.15, 0.2) is 0 Å². The molecule has 2 aromatic rings. The Morgan fingerprint density at radius 1 is 1.18 bits per heavy atom. The van der Waals surface area contributed by atoms with Crippen LogP contribution >= 0.6 is 0 Å². The molecule has 0 saturated carbocycles. The number of nitrogens with zero attached hydrogens (tertiary/aromatic N) is 2. The predicted molar refractivity (Wildman–Crippen MR) is 71.7 cm³/mol. The van der Waals surface area contributed by atoms with E-state index in [0.717, 1.165) is 30.8 Å². The first-order valence-corrected chi connectivity index (χ1v) is 6.10. The average Bonchev–Trinajstić information content (AvgIpc) is 2.38. The predicted octanol–water partition coefficient (Wildman–Crippen LogP) is 2.02. The van der Waals surface area contributed by atoms with Crippen molar-refractivity contribution in [2.75, 3.05) is 19.6 Å². The van der Waals surface area contributed by atoms with E-state index >= 15 is 0 Å². The highest BCUT2D eigenvalue weighted by atomic mass is 15.1. The summed E-state index contributed by atoms with van der Waals surface area (Å²) in [7, 11) is 0. The number of hydrogen-bond acceptors (Lipinski definition) is 3. The van der Waals surface area contributed by atoms with Crippen molar-refractivity contribution in [3.05, 3.63) is 42.1 Å². The van der Waals surface area contributed by atoms with Crippen LogP contribution in [0.1, 0.15) is 12.6 Å². The van der Waals surface area contributed by atoms with Gasteiger partial charge in [0.25, 0.3) is 0 Å². The Balaban J connectivity index is 2.18. The number of rotatable bonds is 5. The molecule has 2 rings (SSSR count). The molecule has 3 heteroatoms. The van der Waals surface area contributed by atoms with E-state index in [4.69, 9.17) is 5.73 Å². The lowest BCUT2D eigenvalue weighted by atomic mass is 10.2. The van der Waals surface area contributed by atoms with Crippen molar-refractivity contribution in [1.29, 1.82) is 0 Å². The number of fused-ring (bicyclic) bond motifs is 1. The molecule has 1 heterocycles. The van der Waals surface area contributed by atoms with Gasteiger partial charge in [-0.05, 0) is 18.7 Å². The van der Waals surface area contributed by atoms with Crippen LogP contribution in [0.4, 0.5) is 0 Å². The van der Waals surface area contributed by atoms with E-state index in [9.17, 15) is 0 Å². The lowest BCUT2D eigenvalue weighted by Crippen LogP contribution is -2.29. The molecule has 0 atom stereocenters.